The molecule has 0 aliphatic rings. The van der Waals surface area contributed by atoms with Crippen LogP contribution in [0.15, 0.2) is 77.2 Å². The number of carbonyl (C=O) groups is 2. The molecule has 2 amide bonds. The van der Waals surface area contributed by atoms with Crippen molar-refractivity contribution in [1.82, 2.24) is 25.5 Å². The quantitative estimate of drug-likeness (QED) is 0.461. The number of hydrogen-bond acceptors (Lipinski definition) is 6. The minimum absolute atomic E-state index is 0.130. The molecule has 1 N–H and O–H groups in total. The molecule has 32 heavy (non-hydrogen) atoms. The molecule has 0 fully saturated rings. The van der Waals surface area contributed by atoms with Crippen LogP contribution in [0.3, 0.4) is 0 Å². The molecule has 4 rings (SSSR count). The molecule has 0 unspecified atom stereocenters. The number of para-hydroxylation sites is 1. The molecule has 0 aliphatic heterocycles. The Kier molecular flexibility index (Phi) is 6.35. The van der Waals surface area contributed by atoms with Gasteiger partial charge in [-0.25, -0.2) is 0 Å². The number of benzene rings is 2. The summed E-state index contributed by atoms with van der Waals surface area (Å²) in [5, 5.41) is 15.0. The van der Waals surface area contributed by atoms with Gasteiger partial charge in [0.15, 0.2) is 5.76 Å². The van der Waals surface area contributed by atoms with E-state index in [1.165, 1.54) is 9.70 Å². The van der Waals surface area contributed by atoms with Gasteiger partial charge in [-0.05, 0) is 42.0 Å². The number of amides is 2. The van der Waals surface area contributed by atoms with Crippen LogP contribution in [-0.4, -0.2) is 38.6 Å². The van der Waals surface area contributed by atoms with E-state index in [0.717, 1.165) is 11.3 Å². The molecule has 0 aliphatic carbocycles. The van der Waals surface area contributed by atoms with E-state index in [0.29, 0.717) is 18.0 Å². The topological polar surface area (TPSA) is 106 Å². The molecule has 0 radical (unpaired) electrons. The zero-order chi connectivity index (χ0) is 22.3. The Labute approximate surface area is 184 Å². The molecule has 162 valence electrons. The zero-order valence-electron chi connectivity index (χ0n) is 17.5. The fraction of sp³-hybridized carbons (Fsp3) is 0.174. The lowest BCUT2D eigenvalue weighted by atomic mass is 10.2. The number of aryl methyl sites for hydroxylation is 1. The van der Waals surface area contributed by atoms with Gasteiger partial charge in [-0.1, -0.05) is 48.5 Å². The lowest BCUT2D eigenvalue weighted by Gasteiger charge is -2.22. The largest absolute Gasteiger partial charge is 0.458 e. The molecular weight excluding hydrogens is 408 g/mol. The van der Waals surface area contributed by atoms with Crippen molar-refractivity contribution in [3.63, 3.8) is 0 Å². The van der Waals surface area contributed by atoms with Gasteiger partial charge in [-0.2, -0.15) is 4.80 Å². The highest BCUT2D eigenvalue weighted by atomic mass is 16.3. The second-order valence-electron chi connectivity index (χ2n) is 7.13. The number of hydrogen-bond donors (Lipinski definition) is 1. The van der Waals surface area contributed by atoms with Crippen molar-refractivity contribution in [3.8, 4) is 11.6 Å². The molecule has 2 heterocycles. The lowest BCUT2D eigenvalue weighted by molar-refractivity contribution is -0.124. The van der Waals surface area contributed by atoms with E-state index in [9.17, 15) is 9.59 Å². The molecule has 0 saturated heterocycles. The van der Waals surface area contributed by atoms with Crippen LogP contribution < -0.4 is 10.2 Å². The van der Waals surface area contributed by atoms with Crippen LogP contribution in [0.5, 0.6) is 0 Å². The predicted octanol–water partition coefficient (Wildman–Crippen LogP) is 2.59. The van der Waals surface area contributed by atoms with Crippen molar-refractivity contribution in [2.45, 2.75) is 20.0 Å². The van der Waals surface area contributed by atoms with Crippen molar-refractivity contribution in [2.24, 2.45) is 0 Å². The van der Waals surface area contributed by atoms with Gasteiger partial charge in [0.2, 0.25) is 11.7 Å². The van der Waals surface area contributed by atoms with Crippen LogP contribution in [0.4, 0.5) is 5.69 Å². The number of rotatable bonds is 8. The second-order valence-corrected chi connectivity index (χ2v) is 7.13. The van der Waals surface area contributed by atoms with Gasteiger partial charge in [-0.15, -0.1) is 10.2 Å². The number of aromatic nitrogens is 4. The highest BCUT2D eigenvalue weighted by Crippen LogP contribution is 2.17. The first-order valence-corrected chi connectivity index (χ1v) is 10.1. The summed E-state index contributed by atoms with van der Waals surface area (Å²) in [5.74, 6) is 0.873. The smallest absolute Gasteiger partial charge is 0.251 e. The van der Waals surface area contributed by atoms with Crippen LogP contribution >= 0.6 is 0 Å². The van der Waals surface area contributed by atoms with Gasteiger partial charge < -0.3 is 14.6 Å². The van der Waals surface area contributed by atoms with E-state index in [2.05, 4.69) is 20.7 Å². The Balaban J connectivity index is 1.45. The molecule has 0 atom stereocenters. The molecule has 9 heteroatoms. The summed E-state index contributed by atoms with van der Waals surface area (Å²) in [5.41, 5.74) is 1.58. The fourth-order valence-corrected chi connectivity index (χ4v) is 3.10. The van der Waals surface area contributed by atoms with E-state index in [-0.39, 0.29) is 30.7 Å². The number of nitrogens with zero attached hydrogens (tertiary/aromatic N) is 5. The molecule has 9 nitrogen and oxygen atoms in total. The van der Waals surface area contributed by atoms with Crippen LogP contribution in [-0.2, 0) is 22.7 Å². The second kappa shape index (κ2) is 9.69. The maximum absolute atomic E-state index is 13.1. The van der Waals surface area contributed by atoms with Gasteiger partial charge >= 0.3 is 0 Å². The lowest BCUT2D eigenvalue weighted by Crippen LogP contribution is -2.42. The third kappa shape index (κ3) is 5.25. The molecule has 0 bridgehead atoms. The maximum Gasteiger partial charge on any atom is 0.251 e. The van der Waals surface area contributed by atoms with Gasteiger partial charge in [0.05, 0.1) is 0 Å². The van der Waals surface area contributed by atoms with Crippen molar-refractivity contribution >= 4 is 17.5 Å². The van der Waals surface area contributed by atoms with Crippen LogP contribution in [0.2, 0.25) is 0 Å². The first kappa shape index (κ1) is 21.0. The Morgan fingerprint density at radius 2 is 1.72 bits per heavy atom. The SMILES string of the molecule is Cc1ccc(-c2nnn(CC(=O)N(CC(=O)NCc3ccccc3)c3ccccc3)n2)o1. The third-order valence-corrected chi connectivity index (χ3v) is 4.69. The molecule has 4 aromatic rings. The van der Waals surface area contributed by atoms with E-state index in [1.54, 1.807) is 24.3 Å². The van der Waals surface area contributed by atoms with Crippen LogP contribution in [0.25, 0.3) is 11.6 Å². The third-order valence-electron chi connectivity index (χ3n) is 4.69. The van der Waals surface area contributed by atoms with E-state index >= 15 is 0 Å². The number of carbonyl (C=O) groups excluding carboxylic acids is 2. The van der Waals surface area contributed by atoms with Gasteiger partial charge in [0.1, 0.15) is 18.8 Å². The molecule has 0 saturated carbocycles. The predicted molar refractivity (Wildman–Crippen MR) is 117 cm³/mol. The summed E-state index contributed by atoms with van der Waals surface area (Å²) in [4.78, 5) is 28.2. The van der Waals surface area contributed by atoms with Crippen LogP contribution in [0, 0.1) is 6.92 Å². The Hall–Kier alpha value is -4.27. The average Bonchev–Trinajstić information content (AvgIpc) is 3.46. The Morgan fingerprint density at radius 1 is 1.00 bits per heavy atom. The summed E-state index contributed by atoms with van der Waals surface area (Å²) in [7, 11) is 0. The normalized spacial score (nSPS) is 10.7. The van der Waals surface area contributed by atoms with E-state index in [1.807, 2.05) is 55.5 Å². The summed E-state index contributed by atoms with van der Waals surface area (Å²) < 4.78 is 5.49. The zero-order valence-corrected chi connectivity index (χ0v) is 17.5. The minimum Gasteiger partial charge on any atom is -0.458 e. The molecule has 2 aromatic heterocycles. The summed E-state index contributed by atoms with van der Waals surface area (Å²) >= 11 is 0. The minimum atomic E-state index is -0.342. The Bertz CT molecular complexity index is 1190. The summed E-state index contributed by atoms with van der Waals surface area (Å²) in [6, 6.07) is 22.1. The molecule has 0 spiro atoms. The molecular formula is C23H22N6O3. The number of tetrazole rings is 1. The number of anilines is 1. The van der Waals surface area contributed by atoms with E-state index in [4.69, 9.17) is 4.42 Å². The van der Waals surface area contributed by atoms with Crippen molar-refractivity contribution in [1.29, 1.82) is 0 Å². The Morgan fingerprint density at radius 3 is 2.41 bits per heavy atom. The standard InChI is InChI=1S/C23H22N6O3/c1-17-12-13-20(32-17)23-25-27-29(26-23)16-22(31)28(19-10-6-3-7-11-19)15-21(30)24-14-18-8-4-2-5-9-18/h2-13H,14-16H2,1H3,(H,24,30). The van der Waals surface area contributed by atoms with Crippen molar-refractivity contribution in [2.75, 3.05) is 11.4 Å². The van der Waals surface area contributed by atoms with Crippen molar-refractivity contribution < 1.29 is 14.0 Å². The highest BCUT2D eigenvalue weighted by Gasteiger charge is 2.21. The first-order valence-electron chi connectivity index (χ1n) is 10.1. The maximum atomic E-state index is 13.1. The van der Waals surface area contributed by atoms with Gasteiger partial charge in [-0.3, -0.25) is 9.59 Å². The monoisotopic (exact) mass is 430 g/mol. The molecule has 2 aromatic carbocycles. The number of nitrogens with one attached hydrogen (secondary N) is 1. The fourth-order valence-electron chi connectivity index (χ4n) is 3.10. The van der Waals surface area contributed by atoms with Crippen molar-refractivity contribution in [3.05, 3.63) is 84.1 Å². The van der Waals surface area contributed by atoms with Gasteiger partial charge in [0.25, 0.3) is 5.91 Å². The first-order chi connectivity index (χ1) is 15.6. The van der Waals surface area contributed by atoms with Crippen LogP contribution in [0.1, 0.15) is 11.3 Å². The highest BCUT2D eigenvalue weighted by molar-refractivity contribution is 5.98. The van der Waals surface area contributed by atoms with E-state index < -0.39 is 0 Å². The summed E-state index contributed by atoms with van der Waals surface area (Å²) in [6.07, 6.45) is 0. The number of furan rings is 1. The van der Waals surface area contributed by atoms with Gasteiger partial charge in [0, 0.05) is 12.2 Å². The summed E-state index contributed by atoms with van der Waals surface area (Å²) in [6.45, 7) is 1.90. The average molecular weight is 430 g/mol.